The van der Waals surface area contributed by atoms with Crippen LogP contribution in [0.5, 0.6) is 11.5 Å². The lowest BCUT2D eigenvalue weighted by molar-refractivity contribution is -0.119. The molecule has 0 saturated heterocycles. The molecule has 3 rings (SSSR count). The van der Waals surface area contributed by atoms with Crippen LogP contribution in [0.3, 0.4) is 0 Å². The van der Waals surface area contributed by atoms with E-state index in [1.54, 1.807) is 43.0 Å². The molecule has 0 aromatic heterocycles. The quantitative estimate of drug-likeness (QED) is 0.739. The molecule has 0 fully saturated rings. The zero-order valence-corrected chi connectivity index (χ0v) is 17.0. The number of benzene rings is 2. The van der Waals surface area contributed by atoms with Crippen LogP contribution >= 0.6 is 0 Å². The molecule has 0 saturated carbocycles. The van der Waals surface area contributed by atoms with Crippen molar-refractivity contribution in [3.8, 4) is 11.5 Å². The van der Waals surface area contributed by atoms with Crippen molar-refractivity contribution in [3.05, 3.63) is 48.0 Å². The van der Waals surface area contributed by atoms with Gasteiger partial charge in [-0.05, 0) is 42.8 Å². The van der Waals surface area contributed by atoms with E-state index in [9.17, 15) is 13.2 Å². The number of amides is 1. The minimum atomic E-state index is -3.81. The van der Waals surface area contributed by atoms with Gasteiger partial charge in [-0.25, -0.2) is 8.42 Å². The fourth-order valence-corrected chi connectivity index (χ4v) is 4.68. The van der Waals surface area contributed by atoms with Gasteiger partial charge in [-0.15, -0.1) is 0 Å². The van der Waals surface area contributed by atoms with Gasteiger partial charge in [-0.3, -0.25) is 4.79 Å². The van der Waals surface area contributed by atoms with Crippen molar-refractivity contribution in [1.29, 1.82) is 0 Å². The molecular formula is C20H24N2O5S. The SMILES string of the molecule is CCN(CC(=O)N1CCOc2ccccc21)S(=O)(=O)c1ccc(OC)c(C)c1. The lowest BCUT2D eigenvalue weighted by atomic mass is 10.2. The Bertz CT molecular complexity index is 974. The molecule has 28 heavy (non-hydrogen) atoms. The molecule has 0 atom stereocenters. The predicted molar refractivity (Wildman–Crippen MR) is 106 cm³/mol. The highest BCUT2D eigenvalue weighted by Gasteiger charge is 2.30. The van der Waals surface area contributed by atoms with Crippen molar-refractivity contribution >= 4 is 21.6 Å². The lowest BCUT2D eigenvalue weighted by Crippen LogP contribution is -2.45. The average molecular weight is 404 g/mol. The molecule has 0 spiro atoms. The fraction of sp³-hybridized carbons (Fsp3) is 0.350. The summed E-state index contributed by atoms with van der Waals surface area (Å²) in [6.45, 7) is 4.20. The summed E-state index contributed by atoms with van der Waals surface area (Å²) in [5.74, 6) is 0.952. The summed E-state index contributed by atoms with van der Waals surface area (Å²) < 4.78 is 38.1. The number of sulfonamides is 1. The molecule has 150 valence electrons. The van der Waals surface area contributed by atoms with Crippen molar-refractivity contribution in [2.75, 3.05) is 38.3 Å². The third-order valence-electron chi connectivity index (χ3n) is 4.70. The second-order valence-corrected chi connectivity index (χ2v) is 8.36. The molecule has 0 aliphatic carbocycles. The number of nitrogens with zero attached hydrogens (tertiary/aromatic N) is 2. The van der Waals surface area contributed by atoms with E-state index in [0.717, 1.165) is 0 Å². The van der Waals surface area contributed by atoms with Gasteiger partial charge in [0.2, 0.25) is 15.9 Å². The first kappa shape index (κ1) is 20.2. The number of likely N-dealkylation sites (N-methyl/N-ethyl adjacent to an activating group) is 1. The molecule has 0 unspecified atom stereocenters. The second kappa shape index (κ2) is 8.20. The number of para-hydroxylation sites is 2. The lowest BCUT2D eigenvalue weighted by Gasteiger charge is -2.31. The van der Waals surface area contributed by atoms with Gasteiger partial charge in [0.1, 0.15) is 18.1 Å². The van der Waals surface area contributed by atoms with E-state index in [0.29, 0.717) is 35.9 Å². The highest BCUT2D eigenvalue weighted by atomic mass is 32.2. The van der Waals surface area contributed by atoms with Gasteiger partial charge in [0.15, 0.2) is 0 Å². The number of aryl methyl sites for hydroxylation is 1. The summed E-state index contributed by atoms with van der Waals surface area (Å²) in [6, 6.07) is 11.9. The molecule has 2 aromatic carbocycles. The van der Waals surface area contributed by atoms with Gasteiger partial charge in [-0.1, -0.05) is 19.1 Å². The van der Waals surface area contributed by atoms with Gasteiger partial charge in [-0.2, -0.15) is 4.31 Å². The molecule has 2 aromatic rings. The number of rotatable bonds is 6. The van der Waals surface area contributed by atoms with Crippen molar-refractivity contribution in [1.82, 2.24) is 4.31 Å². The van der Waals surface area contributed by atoms with Crippen LogP contribution < -0.4 is 14.4 Å². The van der Waals surface area contributed by atoms with Crippen LogP contribution in [-0.4, -0.2) is 52.0 Å². The van der Waals surface area contributed by atoms with E-state index in [4.69, 9.17) is 9.47 Å². The van der Waals surface area contributed by atoms with E-state index in [1.807, 2.05) is 12.1 Å². The zero-order valence-electron chi connectivity index (χ0n) is 16.2. The Hall–Kier alpha value is -2.58. The van der Waals surface area contributed by atoms with Crippen LogP contribution in [0.15, 0.2) is 47.4 Å². The maximum Gasteiger partial charge on any atom is 0.243 e. The standard InChI is InChI=1S/C20H24N2O5S/c1-4-21(28(24,25)16-9-10-18(26-3)15(2)13-16)14-20(23)22-11-12-27-19-8-6-5-7-17(19)22/h5-10,13H,4,11-12,14H2,1-3H3. The third kappa shape index (κ3) is 3.83. The zero-order chi connectivity index (χ0) is 20.3. The van der Waals surface area contributed by atoms with Gasteiger partial charge < -0.3 is 14.4 Å². The summed E-state index contributed by atoms with van der Waals surface area (Å²) in [5, 5.41) is 0. The molecule has 0 bridgehead atoms. The molecule has 0 radical (unpaired) electrons. The molecule has 7 nitrogen and oxygen atoms in total. The maximum absolute atomic E-state index is 13.1. The molecule has 0 N–H and O–H groups in total. The van der Waals surface area contributed by atoms with E-state index in [-0.39, 0.29) is 23.9 Å². The van der Waals surface area contributed by atoms with Crippen molar-refractivity contribution < 1.29 is 22.7 Å². The fourth-order valence-electron chi connectivity index (χ4n) is 3.19. The van der Waals surface area contributed by atoms with Crippen LogP contribution in [0.4, 0.5) is 5.69 Å². The van der Waals surface area contributed by atoms with Crippen molar-refractivity contribution in [2.24, 2.45) is 0 Å². The summed E-state index contributed by atoms with van der Waals surface area (Å²) in [4.78, 5) is 14.6. The summed E-state index contributed by atoms with van der Waals surface area (Å²) in [6.07, 6.45) is 0. The largest absolute Gasteiger partial charge is 0.496 e. The Balaban J connectivity index is 1.84. The maximum atomic E-state index is 13.1. The van der Waals surface area contributed by atoms with Crippen LogP contribution in [-0.2, 0) is 14.8 Å². The number of anilines is 1. The number of carbonyl (C=O) groups is 1. The van der Waals surface area contributed by atoms with Gasteiger partial charge in [0, 0.05) is 6.54 Å². The second-order valence-electron chi connectivity index (χ2n) is 6.42. The first-order valence-corrected chi connectivity index (χ1v) is 10.5. The molecule has 1 amide bonds. The van der Waals surface area contributed by atoms with Gasteiger partial charge in [0.05, 0.1) is 30.8 Å². The van der Waals surface area contributed by atoms with E-state index >= 15 is 0 Å². The summed E-state index contributed by atoms with van der Waals surface area (Å²) in [7, 11) is -2.28. The Labute approximate surface area is 165 Å². The van der Waals surface area contributed by atoms with Gasteiger partial charge >= 0.3 is 0 Å². The first-order chi connectivity index (χ1) is 13.4. The summed E-state index contributed by atoms with van der Waals surface area (Å²) >= 11 is 0. The number of fused-ring (bicyclic) bond motifs is 1. The Morgan fingerprint density at radius 1 is 1.25 bits per heavy atom. The predicted octanol–water partition coefficient (Wildman–Crippen LogP) is 2.44. The summed E-state index contributed by atoms with van der Waals surface area (Å²) in [5.41, 5.74) is 1.38. The highest BCUT2D eigenvalue weighted by molar-refractivity contribution is 7.89. The van der Waals surface area contributed by atoms with Crippen LogP contribution in [0, 0.1) is 6.92 Å². The minimum Gasteiger partial charge on any atom is -0.496 e. The Kier molecular flexibility index (Phi) is 5.90. The monoisotopic (exact) mass is 404 g/mol. The molecule has 1 aliphatic rings. The topological polar surface area (TPSA) is 76.2 Å². The molecule has 1 heterocycles. The van der Waals surface area contributed by atoms with E-state index in [1.165, 1.54) is 17.5 Å². The number of methoxy groups -OCH3 is 1. The Morgan fingerprint density at radius 2 is 2.00 bits per heavy atom. The Morgan fingerprint density at radius 3 is 2.68 bits per heavy atom. The minimum absolute atomic E-state index is 0.142. The first-order valence-electron chi connectivity index (χ1n) is 9.05. The molecular weight excluding hydrogens is 380 g/mol. The van der Waals surface area contributed by atoms with E-state index < -0.39 is 10.0 Å². The van der Waals surface area contributed by atoms with Crippen LogP contribution in [0.2, 0.25) is 0 Å². The smallest absolute Gasteiger partial charge is 0.243 e. The number of hydrogen-bond acceptors (Lipinski definition) is 5. The highest BCUT2D eigenvalue weighted by Crippen LogP contribution is 2.31. The third-order valence-corrected chi connectivity index (χ3v) is 6.61. The van der Waals surface area contributed by atoms with Crippen molar-refractivity contribution in [2.45, 2.75) is 18.7 Å². The number of hydrogen-bond donors (Lipinski definition) is 0. The van der Waals surface area contributed by atoms with Crippen LogP contribution in [0.1, 0.15) is 12.5 Å². The average Bonchev–Trinajstić information content (AvgIpc) is 2.71. The van der Waals surface area contributed by atoms with E-state index in [2.05, 4.69) is 0 Å². The van der Waals surface area contributed by atoms with Gasteiger partial charge in [0.25, 0.3) is 0 Å². The number of carbonyl (C=O) groups excluding carboxylic acids is 1. The molecule has 8 heteroatoms. The number of ether oxygens (including phenoxy) is 2. The van der Waals surface area contributed by atoms with Crippen LogP contribution in [0.25, 0.3) is 0 Å². The van der Waals surface area contributed by atoms with Crippen molar-refractivity contribution in [3.63, 3.8) is 0 Å². The molecule has 1 aliphatic heterocycles. The normalized spacial score (nSPS) is 13.8.